The van der Waals surface area contributed by atoms with Gasteiger partial charge in [-0.3, -0.25) is 0 Å². The van der Waals surface area contributed by atoms with Crippen LogP contribution in [0.25, 0.3) is 0 Å². The molecule has 1 atom stereocenters. The average molecular weight is 249 g/mol. The second-order valence-corrected chi connectivity index (χ2v) is 5.73. The fraction of sp³-hybridized carbons (Fsp3) is 0.769. The van der Waals surface area contributed by atoms with Crippen LogP contribution in [0.5, 0.6) is 0 Å². The van der Waals surface area contributed by atoms with E-state index in [4.69, 9.17) is 5.73 Å². The van der Waals surface area contributed by atoms with Gasteiger partial charge in [0.25, 0.3) is 0 Å². The van der Waals surface area contributed by atoms with Gasteiger partial charge in [-0.05, 0) is 30.6 Å². The molecule has 18 heavy (non-hydrogen) atoms. The van der Waals surface area contributed by atoms with Gasteiger partial charge in [-0.2, -0.15) is 15.0 Å². The van der Waals surface area contributed by atoms with Gasteiger partial charge < -0.3 is 11.1 Å². The molecule has 3 N–H and O–H groups in total. The summed E-state index contributed by atoms with van der Waals surface area (Å²) in [5.74, 6) is 3.78. The molecule has 100 valence electrons. The lowest BCUT2D eigenvalue weighted by Gasteiger charge is -2.12. The number of hydrogen-bond acceptors (Lipinski definition) is 5. The second kappa shape index (κ2) is 5.50. The average Bonchev–Trinajstić information content (AvgIpc) is 3.07. The highest BCUT2D eigenvalue weighted by Gasteiger charge is 2.27. The minimum atomic E-state index is 0.308. The number of rotatable bonds is 6. The van der Waals surface area contributed by atoms with Crippen LogP contribution in [0.3, 0.4) is 0 Å². The smallest absolute Gasteiger partial charge is 0.227 e. The van der Waals surface area contributed by atoms with Gasteiger partial charge in [0, 0.05) is 13.0 Å². The van der Waals surface area contributed by atoms with Gasteiger partial charge in [-0.25, -0.2) is 0 Å². The van der Waals surface area contributed by atoms with Crippen molar-refractivity contribution in [3.05, 3.63) is 5.82 Å². The zero-order valence-corrected chi connectivity index (χ0v) is 11.5. The number of aromatic nitrogens is 3. The standard InChI is InChI=1S/C13H23N5/c1-8(2)6-11-16-12(14)18-13(17-11)15-7-9(3)10-4-5-10/h8-10H,4-7H2,1-3H3,(H3,14,15,16,17,18). The zero-order chi connectivity index (χ0) is 13.1. The van der Waals surface area contributed by atoms with E-state index in [1.807, 2.05) is 0 Å². The quantitative estimate of drug-likeness (QED) is 0.807. The van der Waals surface area contributed by atoms with E-state index < -0.39 is 0 Å². The van der Waals surface area contributed by atoms with E-state index in [1.165, 1.54) is 12.8 Å². The van der Waals surface area contributed by atoms with Crippen molar-refractivity contribution in [2.24, 2.45) is 17.8 Å². The summed E-state index contributed by atoms with van der Waals surface area (Å²) in [4.78, 5) is 12.7. The lowest BCUT2D eigenvalue weighted by atomic mass is 10.1. The molecule has 1 heterocycles. The van der Waals surface area contributed by atoms with Crippen molar-refractivity contribution in [2.75, 3.05) is 17.6 Å². The molecule has 0 amide bonds. The van der Waals surface area contributed by atoms with Crippen LogP contribution >= 0.6 is 0 Å². The van der Waals surface area contributed by atoms with Crippen molar-refractivity contribution in [3.63, 3.8) is 0 Å². The van der Waals surface area contributed by atoms with Crippen molar-refractivity contribution in [3.8, 4) is 0 Å². The summed E-state index contributed by atoms with van der Waals surface area (Å²) in [6, 6.07) is 0. The molecule has 1 unspecified atom stereocenters. The molecule has 5 heteroatoms. The van der Waals surface area contributed by atoms with Crippen LogP contribution in [0.1, 0.15) is 39.4 Å². The van der Waals surface area contributed by atoms with Crippen molar-refractivity contribution < 1.29 is 0 Å². The third kappa shape index (κ3) is 3.82. The van der Waals surface area contributed by atoms with Gasteiger partial charge in [0.1, 0.15) is 5.82 Å². The molecule has 2 rings (SSSR count). The van der Waals surface area contributed by atoms with E-state index in [0.717, 1.165) is 24.7 Å². The third-order valence-corrected chi connectivity index (χ3v) is 3.30. The van der Waals surface area contributed by atoms with Gasteiger partial charge >= 0.3 is 0 Å². The molecule has 5 nitrogen and oxygen atoms in total. The molecule has 0 spiro atoms. The summed E-state index contributed by atoms with van der Waals surface area (Å²) >= 11 is 0. The number of nitrogens with zero attached hydrogens (tertiary/aromatic N) is 3. The van der Waals surface area contributed by atoms with E-state index in [9.17, 15) is 0 Å². The van der Waals surface area contributed by atoms with E-state index in [1.54, 1.807) is 0 Å². The Bertz CT molecular complexity index is 400. The first-order chi connectivity index (χ1) is 8.54. The SMILES string of the molecule is CC(C)Cc1nc(N)nc(NCC(C)C2CC2)n1. The predicted octanol–water partition coefficient (Wildman–Crippen LogP) is 2.11. The first kappa shape index (κ1) is 13.1. The van der Waals surface area contributed by atoms with Crippen molar-refractivity contribution in [1.82, 2.24) is 15.0 Å². The minimum absolute atomic E-state index is 0.308. The highest BCUT2D eigenvalue weighted by molar-refractivity contribution is 5.31. The van der Waals surface area contributed by atoms with E-state index >= 15 is 0 Å². The van der Waals surface area contributed by atoms with Crippen LogP contribution < -0.4 is 11.1 Å². The minimum Gasteiger partial charge on any atom is -0.368 e. The van der Waals surface area contributed by atoms with E-state index in [-0.39, 0.29) is 0 Å². The van der Waals surface area contributed by atoms with Crippen molar-refractivity contribution in [1.29, 1.82) is 0 Å². The fourth-order valence-corrected chi connectivity index (χ4v) is 2.06. The molecule has 1 aliphatic carbocycles. The summed E-state index contributed by atoms with van der Waals surface area (Å²) in [5, 5.41) is 3.28. The maximum Gasteiger partial charge on any atom is 0.227 e. The molecular formula is C13H23N5. The molecule has 0 aromatic carbocycles. The van der Waals surface area contributed by atoms with Crippen molar-refractivity contribution in [2.45, 2.75) is 40.0 Å². The molecule has 1 fully saturated rings. The molecule has 0 saturated heterocycles. The molecule has 0 bridgehead atoms. The zero-order valence-electron chi connectivity index (χ0n) is 11.5. The van der Waals surface area contributed by atoms with Gasteiger partial charge in [-0.15, -0.1) is 0 Å². The Morgan fingerprint density at radius 1 is 1.22 bits per heavy atom. The van der Waals surface area contributed by atoms with Crippen LogP contribution in [0, 0.1) is 17.8 Å². The maximum atomic E-state index is 5.71. The Labute approximate surface area is 109 Å². The Morgan fingerprint density at radius 3 is 2.56 bits per heavy atom. The lowest BCUT2D eigenvalue weighted by Crippen LogP contribution is -2.17. The van der Waals surface area contributed by atoms with Gasteiger partial charge in [0.2, 0.25) is 11.9 Å². The Balaban J connectivity index is 1.95. The van der Waals surface area contributed by atoms with Crippen LogP contribution in [0.2, 0.25) is 0 Å². The largest absolute Gasteiger partial charge is 0.368 e. The van der Waals surface area contributed by atoms with Gasteiger partial charge in [0.15, 0.2) is 0 Å². The first-order valence-electron chi connectivity index (χ1n) is 6.79. The number of nitrogens with two attached hydrogens (primary N) is 1. The second-order valence-electron chi connectivity index (χ2n) is 5.73. The summed E-state index contributed by atoms with van der Waals surface area (Å²) in [5.41, 5.74) is 5.71. The molecular weight excluding hydrogens is 226 g/mol. The van der Waals surface area contributed by atoms with Crippen molar-refractivity contribution >= 4 is 11.9 Å². The molecule has 0 radical (unpaired) electrons. The summed E-state index contributed by atoms with van der Waals surface area (Å²) < 4.78 is 0. The Hall–Kier alpha value is -1.39. The number of anilines is 2. The monoisotopic (exact) mass is 249 g/mol. The first-order valence-corrected chi connectivity index (χ1v) is 6.79. The lowest BCUT2D eigenvalue weighted by molar-refractivity contribution is 0.534. The molecule has 1 aromatic rings. The van der Waals surface area contributed by atoms with Crippen LogP contribution in [0.4, 0.5) is 11.9 Å². The highest BCUT2D eigenvalue weighted by Crippen LogP contribution is 2.36. The number of nitrogen functional groups attached to an aromatic ring is 1. The molecule has 1 aromatic heterocycles. The van der Waals surface area contributed by atoms with E-state index in [0.29, 0.717) is 23.7 Å². The number of nitrogens with one attached hydrogen (secondary N) is 1. The fourth-order valence-electron chi connectivity index (χ4n) is 2.06. The molecule has 1 saturated carbocycles. The third-order valence-electron chi connectivity index (χ3n) is 3.30. The van der Waals surface area contributed by atoms with Crippen LogP contribution in [-0.2, 0) is 6.42 Å². The summed E-state index contributed by atoms with van der Waals surface area (Å²) in [6.45, 7) is 7.46. The Morgan fingerprint density at radius 2 is 1.94 bits per heavy atom. The maximum absolute atomic E-state index is 5.71. The topological polar surface area (TPSA) is 76.7 Å². The molecule has 1 aliphatic rings. The van der Waals surface area contributed by atoms with E-state index in [2.05, 4.69) is 41.0 Å². The number of hydrogen-bond donors (Lipinski definition) is 2. The predicted molar refractivity (Wildman–Crippen MR) is 73.2 cm³/mol. The molecule has 0 aliphatic heterocycles. The van der Waals surface area contributed by atoms with Gasteiger partial charge in [0.05, 0.1) is 0 Å². The summed E-state index contributed by atoms with van der Waals surface area (Å²) in [7, 11) is 0. The van der Waals surface area contributed by atoms with Gasteiger partial charge in [-0.1, -0.05) is 20.8 Å². The normalized spacial score (nSPS) is 16.9. The van der Waals surface area contributed by atoms with Crippen LogP contribution in [0.15, 0.2) is 0 Å². The Kier molecular flexibility index (Phi) is 3.99. The summed E-state index contributed by atoms with van der Waals surface area (Å²) in [6.07, 6.45) is 3.56. The highest BCUT2D eigenvalue weighted by atomic mass is 15.2. The van der Waals surface area contributed by atoms with Crippen LogP contribution in [-0.4, -0.2) is 21.5 Å².